The standard InChI is InChI=1S/C31H20Cl2IN3O3/c32-19-3-1-2-18(12-19)25-15-28(38)37-29(31(25)24-10-6-20(33)13-26(24)36-30(31)39)23-14-21(34)7-11-27(23)40-22-8-4-17(16-35)5-9-22/h1-14,25,29H,15H2,(H,36,39)(H,37,38). The Morgan fingerprint density at radius 1 is 0.950 bits per heavy atom. The van der Waals surface area contributed by atoms with Crippen LogP contribution in [0.2, 0.25) is 10.0 Å². The third-order valence-electron chi connectivity index (χ3n) is 7.50. The zero-order valence-electron chi connectivity index (χ0n) is 20.8. The summed E-state index contributed by atoms with van der Waals surface area (Å²) >= 11 is 14.9. The van der Waals surface area contributed by atoms with Gasteiger partial charge in [-0.2, -0.15) is 5.26 Å². The van der Waals surface area contributed by atoms with Gasteiger partial charge in [-0.05, 0) is 100 Å². The highest BCUT2D eigenvalue weighted by atomic mass is 127. The lowest BCUT2D eigenvalue weighted by Crippen LogP contribution is -2.56. The lowest BCUT2D eigenvalue weighted by atomic mass is 9.59. The van der Waals surface area contributed by atoms with Gasteiger partial charge in [-0.3, -0.25) is 9.59 Å². The number of anilines is 1. The van der Waals surface area contributed by atoms with E-state index in [9.17, 15) is 14.9 Å². The first-order valence-corrected chi connectivity index (χ1v) is 14.3. The van der Waals surface area contributed by atoms with Crippen LogP contribution in [0.15, 0.2) is 84.9 Å². The average Bonchev–Trinajstić information content (AvgIpc) is 3.22. The molecule has 1 spiro atoms. The Bertz CT molecular complexity index is 1720. The topological polar surface area (TPSA) is 91.2 Å². The summed E-state index contributed by atoms with van der Waals surface area (Å²) < 4.78 is 7.23. The number of hydrogen-bond acceptors (Lipinski definition) is 4. The molecule has 0 aromatic heterocycles. The number of halogens is 3. The molecule has 2 aliphatic rings. The number of nitriles is 1. The molecule has 0 saturated carbocycles. The van der Waals surface area contributed by atoms with Crippen LogP contribution in [0, 0.1) is 14.9 Å². The fourth-order valence-electron chi connectivity index (χ4n) is 5.83. The summed E-state index contributed by atoms with van der Waals surface area (Å²) in [6, 6.07) is 26.4. The van der Waals surface area contributed by atoms with Crippen molar-refractivity contribution in [1.82, 2.24) is 5.32 Å². The quantitative estimate of drug-likeness (QED) is 0.219. The predicted octanol–water partition coefficient (Wildman–Crippen LogP) is 7.50. The van der Waals surface area contributed by atoms with E-state index in [1.807, 2.05) is 42.5 Å². The van der Waals surface area contributed by atoms with Crippen LogP contribution in [0.4, 0.5) is 5.69 Å². The molecule has 6 nitrogen and oxygen atoms in total. The van der Waals surface area contributed by atoms with Crippen molar-refractivity contribution in [1.29, 1.82) is 5.26 Å². The number of hydrogen-bond donors (Lipinski definition) is 2. The molecule has 198 valence electrons. The number of fused-ring (bicyclic) bond motifs is 2. The van der Waals surface area contributed by atoms with Crippen molar-refractivity contribution in [2.75, 3.05) is 5.32 Å². The highest BCUT2D eigenvalue weighted by molar-refractivity contribution is 14.1. The van der Waals surface area contributed by atoms with E-state index in [1.165, 1.54) is 0 Å². The lowest BCUT2D eigenvalue weighted by Gasteiger charge is -2.46. The molecule has 3 unspecified atom stereocenters. The predicted molar refractivity (Wildman–Crippen MR) is 162 cm³/mol. The smallest absolute Gasteiger partial charge is 0.238 e. The second-order valence-electron chi connectivity index (χ2n) is 9.75. The SMILES string of the molecule is N#Cc1ccc(Oc2ccc(I)cc2C2NC(=O)CC(c3cccc(Cl)c3)C23C(=O)Nc2cc(Cl)ccc23)cc1. The number of nitrogens with one attached hydrogen (secondary N) is 2. The maximum absolute atomic E-state index is 14.3. The highest BCUT2D eigenvalue weighted by Gasteiger charge is 2.61. The molecule has 4 aromatic carbocycles. The Morgan fingerprint density at radius 3 is 2.48 bits per heavy atom. The van der Waals surface area contributed by atoms with Gasteiger partial charge in [0.05, 0.1) is 17.7 Å². The first kappa shape index (κ1) is 26.6. The summed E-state index contributed by atoms with van der Waals surface area (Å²) in [5, 5.41) is 16.4. The van der Waals surface area contributed by atoms with Gasteiger partial charge in [0.15, 0.2) is 0 Å². The van der Waals surface area contributed by atoms with Crippen molar-refractivity contribution in [2.45, 2.75) is 23.8 Å². The van der Waals surface area contributed by atoms with E-state index in [2.05, 4.69) is 39.3 Å². The normalized spacial score (nSPS) is 21.4. The fourth-order valence-corrected chi connectivity index (χ4v) is 6.72. The minimum Gasteiger partial charge on any atom is -0.457 e. The van der Waals surface area contributed by atoms with Crippen LogP contribution in [-0.2, 0) is 15.0 Å². The lowest BCUT2D eigenvalue weighted by molar-refractivity contribution is -0.131. The van der Waals surface area contributed by atoms with E-state index >= 15 is 0 Å². The van der Waals surface area contributed by atoms with Crippen molar-refractivity contribution >= 4 is 63.3 Å². The first-order chi connectivity index (χ1) is 19.3. The number of ether oxygens (including phenoxy) is 1. The first-order valence-electron chi connectivity index (χ1n) is 12.4. The minimum absolute atomic E-state index is 0.0854. The molecule has 40 heavy (non-hydrogen) atoms. The van der Waals surface area contributed by atoms with Gasteiger partial charge in [0.2, 0.25) is 11.8 Å². The maximum atomic E-state index is 14.3. The van der Waals surface area contributed by atoms with E-state index in [-0.39, 0.29) is 18.2 Å². The summed E-state index contributed by atoms with van der Waals surface area (Å²) in [7, 11) is 0. The number of rotatable bonds is 4. The largest absolute Gasteiger partial charge is 0.457 e. The van der Waals surface area contributed by atoms with E-state index in [4.69, 9.17) is 27.9 Å². The molecule has 1 fully saturated rings. The molecule has 1 saturated heterocycles. The van der Waals surface area contributed by atoms with Crippen LogP contribution >= 0.6 is 45.8 Å². The van der Waals surface area contributed by atoms with Gasteiger partial charge in [-0.15, -0.1) is 0 Å². The van der Waals surface area contributed by atoms with Crippen molar-refractivity contribution in [3.8, 4) is 17.6 Å². The van der Waals surface area contributed by atoms with E-state index in [0.717, 1.165) is 14.7 Å². The molecule has 2 N–H and O–H groups in total. The minimum atomic E-state index is -1.23. The molecule has 6 rings (SSSR count). The van der Waals surface area contributed by atoms with E-state index in [0.29, 0.717) is 38.4 Å². The van der Waals surface area contributed by atoms with Gasteiger partial charge in [-0.25, -0.2) is 0 Å². The molecule has 9 heteroatoms. The summed E-state index contributed by atoms with van der Waals surface area (Å²) in [6.07, 6.45) is 0.0854. The second-order valence-corrected chi connectivity index (χ2v) is 11.9. The van der Waals surface area contributed by atoms with Crippen LogP contribution in [0.25, 0.3) is 0 Å². The Balaban J connectivity index is 1.58. The number of amides is 2. The number of nitrogens with zero attached hydrogens (tertiary/aromatic N) is 1. The fraction of sp³-hybridized carbons (Fsp3) is 0.129. The Morgan fingerprint density at radius 2 is 1.73 bits per heavy atom. The molecule has 0 radical (unpaired) electrons. The second kappa shape index (κ2) is 10.4. The van der Waals surface area contributed by atoms with Crippen LogP contribution in [0.5, 0.6) is 11.5 Å². The van der Waals surface area contributed by atoms with Crippen LogP contribution < -0.4 is 15.4 Å². The highest BCUT2D eigenvalue weighted by Crippen LogP contribution is 2.58. The molecule has 2 heterocycles. The molecule has 2 amide bonds. The molecular weight excluding hydrogens is 660 g/mol. The van der Waals surface area contributed by atoms with Crippen LogP contribution in [0.1, 0.15) is 40.6 Å². The molecule has 0 bridgehead atoms. The number of benzene rings is 4. The third-order valence-corrected chi connectivity index (χ3v) is 8.64. The van der Waals surface area contributed by atoms with Crippen molar-refractivity contribution < 1.29 is 14.3 Å². The van der Waals surface area contributed by atoms with Gasteiger partial charge in [0.25, 0.3) is 0 Å². The Labute approximate surface area is 254 Å². The van der Waals surface area contributed by atoms with Crippen molar-refractivity contribution in [3.63, 3.8) is 0 Å². The van der Waals surface area contributed by atoms with E-state index < -0.39 is 17.4 Å². The average molecular weight is 680 g/mol. The molecule has 3 atom stereocenters. The zero-order valence-corrected chi connectivity index (χ0v) is 24.4. The van der Waals surface area contributed by atoms with Crippen molar-refractivity contribution in [2.24, 2.45) is 0 Å². The summed E-state index contributed by atoms with van der Waals surface area (Å²) in [4.78, 5) is 27.7. The number of carbonyl (C=O) groups excluding carboxylic acids is 2. The molecule has 2 aliphatic heterocycles. The van der Waals surface area contributed by atoms with Gasteiger partial charge < -0.3 is 15.4 Å². The molecule has 0 aliphatic carbocycles. The summed E-state index contributed by atoms with van der Waals surface area (Å²) in [5.41, 5.74) is 2.05. The zero-order chi connectivity index (χ0) is 28.0. The Hall–Kier alpha value is -3.58. The molecule has 4 aromatic rings. The Kier molecular flexibility index (Phi) is 6.95. The number of piperidine rings is 1. The van der Waals surface area contributed by atoms with Gasteiger partial charge in [0.1, 0.15) is 16.9 Å². The van der Waals surface area contributed by atoms with E-state index in [1.54, 1.807) is 42.5 Å². The molecular formula is C31H20Cl2IN3O3. The van der Waals surface area contributed by atoms with Crippen LogP contribution in [-0.4, -0.2) is 11.8 Å². The van der Waals surface area contributed by atoms with Gasteiger partial charge in [-0.1, -0.05) is 41.4 Å². The summed E-state index contributed by atoms with van der Waals surface area (Å²) in [6.45, 7) is 0. The van der Waals surface area contributed by atoms with Gasteiger partial charge in [0, 0.05) is 37.2 Å². The number of carbonyl (C=O) groups is 2. The van der Waals surface area contributed by atoms with Crippen LogP contribution in [0.3, 0.4) is 0 Å². The van der Waals surface area contributed by atoms with Crippen molar-refractivity contribution in [3.05, 3.63) is 121 Å². The third kappa shape index (κ3) is 4.50. The van der Waals surface area contributed by atoms with Gasteiger partial charge >= 0.3 is 0 Å². The summed E-state index contributed by atoms with van der Waals surface area (Å²) in [5.74, 6) is 0.0266. The maximum Gasteiger partial charge on any atom is 0.238 e. The monoisotopic (exact) mass is 679 g/mol.